The quantitative estimate of drug-likeness (QED) is 0.738. The maximum Gasteiger partial charge on any atom is 0.331 e. The first-order chi connectivity index (χ1) is 8.79. The fourth-order valence-corrected chi connectivity index (χ4v) is 2.87. The van der Waals surface area contributed by atoms with Crippen LogP contribution in [-0.2, 0) is 14.3 Å². The monoisotopic (exact) mass is 256 g/mol. The number of rotatable bonds is 4. The average molecular weight is 256 g/mol. The van der Waals surface area contributed by atoms with Crippen LogP contribution in [0.15, 0.2) is 0 Å². The highest BCUT2D eigenvalue weighted by molar-refractivity contribution is 5.70. The van der Waals surface area contributed by atoms with Gasteiger partial charge in [0.15, 0.2) is 0 Å². The summed E-state index contributed by atoms with van der Waals surface area (Å²) in [7, 11) is 1.40. The summed E-state index contributed by atoms with van der Waals surface area (Å²) >= 11 is 0. The Morgan fingerprint density at radius 2 is 1.89 bits per heavy atom. The van der Waals surface area contributed by atoms with Gasteiger partial charge < -0.3 is 14.8 Å². The molecule has 1 N–H and O–H groups in total. The van der Waals surface area contributed by atoms with Gasteiger partial charge in [-0.25, -0.2) is 4.79 Å². The molecule has 2 fully saturated rings. The average Bonchev–Trinajstić information content (AvgIpc) is 2.46. The van der Waals surface area contributed by atoms with Gasteiger partial charge in [0, 0.05) is 32.2 Å². The van der Waals surface area contributed by atoms with E-state index in [1.165, 1.54) is 33.0 Å². The molecule has 1 aliphatic heterocycles. The van der Waals surface area contributed by atoms with Gasteiger partial charge in [0.05, 0.1) is 13.2 Å². The molecule has 2 rings (SSSR count). The maximum atomic E-state index is 11.0. The van der Waals surface area contributed by atoms with Crippen LogP contribution in [0.3, 0.4) is 0 Å². The second-order valence-corrected chi connectivity index (χ2v) is 5.10. The van der Waals surface area contributed by atoms with Crippen LogP contribution in [-0.4, -0.2) is 62.9 Å². The molecule has 1 aliphatic carbocycles. The molecule has 0 radical (unpaired) electrons. The maximum absolute atomic E-state index is 11.0. The van der Waals surface area contributed by atoms with Crippen LogP contribution >= 0.6 is 0 Å². The van der Waals surface area contributed by atoms with E-state index in [9.17, 15) is 4.79 Å². The molecule has 2 aliphatic rings. The molecule has 0 amide bonds. The fourth-order valence-electron chi connectivity index (χ4n) is 2.87. The molecule has 0 aromatic rings. The van der Waals surface area contributed by atoms with Gasteiger partial charge in [-0.1, -0.05) is 0 Å². The molecular weight excluding hydrogens is 232 g/mol. The van der Waals surface area contributed by atoms with Gasteiger partial charge in [0.25, 0.3) is 0 Å². The number of carbonyl (C=O) groups excluding carboxylic acids is 1. The smallest absolute Gasteiger partial charge is 0.331 e. The van der Waals surface area contributed by atoms with E-state index in [0.29, 0.717) is 6.04 Å². The van der Waals surface area contributed by atoms with Crippen molar-refractivity contribution in [3.05, 3.63) is 0 Å². The van der Waals surface area contributed by atoms with Gasteiger partial charge in [-0.05, 0) is 25.7 Å². The minimum absolute atomic E-state index is 0.0967. The van der Waals surface area contributed by atoms with Crippen LogP contribution in [0.1, 0.15) is 25.7 Å². The molecular formula is C13H24N2O3. The van der Waals surface area contributed by atoms with Gasteiger partial charge in [-0.2, -0.15) is 0 Å². The molecule has 18 heavy (non-hydrogen) atoms. The number of carbonyl (C=O) groups is 1. The van der Waals surface area contributed by atoms with Crippen molar-refractivity contribution < 1.29 is 14.3 Å². The molecule has 5 nitrogen and oxygen atoms in total. The zero-order valence-electron chi connectivity index (χ0n) is 11.2. The third-order valence-electron chi connectivity index (χ3n) is 3.98. The number of piperazine rings is 1. The lowest BCUT2D eigenvalue weighted by Gasteiger charge is -2.38. The van der Waals surface area contributed by atoms with E-state index in [1.54, 1.807) is 0 Å². The van der Waals surface area contributed by atoms with Crippen LogP contribution < -0.4 is 5.32 Å². The molecule has 0 aromatic carbocycles. The standard InChI is InChI=1S/C13H24N2O3/c1-17-13(16)10-18-12-4-2-11(3-5-12)15-8-6-14-7-9-15/h11-12,14H,2-10H2,1H3. The topological polar surface area (TPSA) is 50.8 Å². The van der Waals surface area contributed by atoms with Crippen molar-refractivity contribution in [1.82, 2.24) is 10.2 Å². The summed E-state index contributed by atoms with van der Waals surface area (Å²) in [6.45, 7) is 4.65. The third kappa shape index (κ3) is 3.93. The number of esters is 1. The molecule has 104 valence electrons. The first-order valence-electron chi connectivity index (χ1n) is 6.93. The Bertz CT molecular complexity index is 259. The second kappa shape index (κ2) is 7.07. The van der Waals surface area contributed by atoms with Crippen molar-refractivity contribution in [2.75, 3.05) is 39.9 Å². The van der Waals surface area contributed by atoms with Gasteiger partial charge in [-0.3, -0.25) is 4.90 Å². The number of nitrogens with one attached hydrogen (secondary N) is 1. The van der Waals surface area contributed by atoms with E-state index >= 15 is 0 Å². The molecule has 0 atom stereocenters. The van der Waals surface area contributed by atoms with E-state index in [2.05, 4.69) is 15.0 Å². The van der Waals surface area contributed by atoms with Gasteiger partial charge in [-0.15, -0.1) is 0 Å². The second-order valence-electron chi connectivity index (χ2n) is 5.10. The first-order valence-corrected chi connectivity index (χ1v) is 6.93. The van der Waals surface area contributed by atoms with Crippen LogP contribution in [0.2, 0.25) is 0 Å². The number of methoxy groups -OCH3 is 1. The predicted molar refractivity (Wildman–Crippen MR) is 68.5 cm³/mol. The molecule has 0 aromatic heterocycles. The van der Waals surface area contributed by atoms with E-state index in [0.717, 1.165) is 25.9 Å². The number of nitrogens with zero attached hydrogens (tertiary/aromatic N) is 1. The van der Waals surface area contributed by atoms with Gasteiger partial charge >= 0.3 is 5.97 Å². The predicted octanol–water partition coefficient (Wildman–Crippen LogP) is 0.392. The molecule has 1 heterocycles. The summed E-state index contributed by atoms with van der Waals surface area (Å²) < 4.78 is 10.1. The van der Waals surface area contributed by atoms with Gasteiger partial charge in [0.1, 0.15) is 6.61 Å². The highest BCUT2D eigenvalue weighted by Crippen LogP contribution is 2.25. The number of hydrogen-bond acceptors (Lipinski definition) is 5. The Kier molecular flexibility index (Phi) is 5.41. The summed E-state index contributed by atoms with van der Waals surface area (Å²) in [6.07, 6.45) is 4.73. The summed E-state index contributed by atoms with van der Waals surface area (Å²) in [5.41, 5.74) is 0. The van der Waals surface area contributed by atoms with Crippen molar-refractivity contribution in [1.29, 1.82) is 0 Å². The number of ether oxygens (including phenoxy) is 2. The van der Waals surface area contributed by atoms with Crippen molar-refractivity contribution in [2.45, 2.75) is 37.8 Å². The Hall–Kier alpha value is -0.650. The summed E-state index contributed by atoms with van der Waals surface area (Å²) in [6, 6.07) is 0.713. The van der Waals surface area contributed by atoms with Crippen LogP contribution in [0.4, 0.5) is 0 Å². The molecule has 0 unspecified atom stereocenters. The summed E-state index contributed by atoms with van der Waals surface area (Å²) in [4.78, 5) is 13.6. The molecule has 0 spiro atoms. The van der Waals surface area contributed by atoms with E-state index in [-0.39, 0.29) is 18.7 Å². The lowest BCUT2D eigenvalue weighted by Crippen LogP contribution is -2.49. The first kappa shape index (κ1) is 13.8. The summed E-state index contributed by atoms with van der Waals surface area (Å²) in [5, 5.41) is 3.38. The van der Waals surface area contributed by atoms with E-state index < -0.39 is 0 Å². The zero-order valence-corrected chi connectivity index (χ0v) is 11.2. The van der Waals surface area contributed by atoms with Crippen molar-refractivity contribution in [3.63, 3.8) is 0 Å². The van der Waals surface area contributed by atoms with Crippen molar-refractivity contribution in [3.8, 4) is 0 Å². The SMILES string of the molecule is COC(=O)COC1CCC(N2CCNCC2)CC1. The molecule has 0 bridgehead atoms. The Balaban J connectivity index is 1.66. The van der Waals surface area contributed by atoms with Crippen molar-refractivity contribution in [2.24, 2.45) is 0 Å². The zero-order chi connectivity index (χ0) is 12.8. The van der Waals surface area contributed by atoms with Gasteiger partial charge in [0.2, 0.25) is 0 Å². The Labute approximate surface area is 109 Å². The van der Waals surface area contributed by atoms with Crippen LogP contribution in [0.25, 0.3) is 0 Å². The lowest BCUT2D eigenvalue weighted by atomic mass is 9.91. The lowest BCUT2D eigenvalue weighted by molar-refractivity contribution is -0.148. The van der Waals surface area contributed by atoms with Crippen LogP contribution in [0, 0.1) is 0 Å². The highest BCUT2D eigenvalue weighted by Gasteiger charge is 2.27. The molecule has 1 saturated heterocycles. The van der Waals surface area contributed by atoms with Crippen molar-refractivity contribution >= 4 is 5.97 Å². The highest BCUT2D eigenvalue weighted by atomic mass is 16.6. The normalized spacial score (nSPS) is 30.1. The minimum Gasteiger partial charge on any atom is -0.467 e. The third-order valence-corrected chi connectivity index (χ3v) is 3.98. The Morgan fingerprint density at radius 1 is 1.22 bits per heavy atom. The van der Waals surface area contributed by atoms with Crippen LogP contribution in [0.5, 0.6) is 0 Å². The Morgan fingerprint density at radius 3 is 2.50 bits per heavy atom. The number of hydrogen-bond donors (Lipinski definition) is 1. The minimum atomic E-state index is -0.278. The summed E-state index contributed by atoms with van der Waals surface area (Å²) in [5.74, 6) is -0.278. The molecule has 1 saturated carbocycles. The fraction of sp³-hybridized carbons (Fsp3) is 0.923. The van der Waals surface area contributed by atoms with E-state index in [1.807, 2.05) is 0 Å². The van der Waals surface area contributed by atoms with E-state index in [4.69, 9.17) is 4.74 Å². The largest absolute Gasteiger partial charge is 0.467 e. The molecule has 5 heteroatoms.